The van der Waals surface area contributed by atoms with Crippen molar-refractivity contribution in [1.29, 1.82) is 0 Å². The van der Waals surface area contributed by atoms with Crippen molar-refractivity contribution in [3.8, 4) is 0 Å². The van der Waals surface area contributed by atoms with Gasteiger partial charge < -0.3 is 10.2 Å². The molecule has 126 valence electrons. The standard InChI is InChI=1S/C19H24N4O/c1-19(2,3)14-8-4-5-9-15(14)22-18(24)16-12-17(21-13-20-16)23-10-6-7-11-23/h4-5,8-9,12-13H,6-7,10-11H2,1-3H3,(H,22,24). The Balaban J connectivity index is 1.82. The molecule has 0 atom stereocenters. The van der Waals surface area contributed by atoms with E-state index in [9.17, 15) is 4.79 Å². The van der Waals surface area contributed by atoms with Crippen LogP contribution in [0, 0.1) is 0 Å². The fourth-order valence-electron chi connectivity index (χ4n) is 3.02. The first kappa shape index (κ1) is 16.4. The van der Waals surface area contributed by atoms with Crippen molar-refractivity contribution in [1.82, 2.24) is 9.97 Å². The molecule has 3 rings (SSSR count). The van der Waals surface area contributed by atoms with Crippen LogP contribution in [0.4, 0.5) is 11.5 Å². The molecule has 5 nitrogen and oxygen atoms in total. The highest BCUT2D eigenvalue weighted by Crippen LogP contribution is 2.29. The molecular formula is C19H24N4O. The monoisotopic (exact) mass is 324 g/mol. The number of aromatic nitrogens is 2. The van der Waals surface area contributed by atoms with E-state index >= 15 is 0 Å². The van der Waals surface area contributed by atoms with E-state index in [1.54, 1.807) is 6.07 Å². The van der Waals surface area contributed by atoms with E-state index in [1.807, 2.05) is 24.3 Å². The summed E-state index contributed by atoms with van der Waals surface area (Å²) in [7, 11) is 0. The minimum atomic E-state index is -0.199. The van der Waals surface area contributed by atoms with Gasteiger partial charge in [0.05, 0.1) is 0 Å². The van der Waals surface area contributed by atoms with E-state index in [4.69, 9.17) is 0 Å². The van der Waals surface area contributed by atoms with E-state index in [0.29, 0.717) is 5.69 Å². The molecule has 0 spiro atoms. The van der Waals surface area contributed by atoms with Gasteiger partial charge in [0.15, 0.2) is 0 Å². The van der Waals surface area contributed by atoms with Gasteiger partial charge in [0, 0.05) is 24.8 Å². The van der Waals surface area contributed by atoms with Gasteiger partial charge in [-0.05, 0) is 29.9 Å². The fourth-order valence-corrected chi connectivity index (χ4v) is 3.02. The predicted molar refractivity (Wildman–Crippen MR) is 96.6 cm³/mol. The van der Waals surface area contributed by atoms with Crippen molar-refractivity contribution in [2.24, 2.45) is 0 Å². The molecule has 0 bridgehead atoms. The van der Waals surface area contributed by atoms with Crippen LogP contribution in [-0.4, -0.2) is 29.0 Å². The highest BCUT2D eigenvalue weighted by atomic mass is 16.1. The third kappa shape index (κ3) is 3.55. The first-order valence-electron chi connectivity index (χ1n) is 8.43. The third-order valence-corrected chi connectivity index (χ3v) is 4.30. The molecule has 0 unspecified atom stereocenters. The minimum absolute atomic E-state index is 0.0454. The van der Waals surface area contributed by atoms with Crippen molar-refractivity contribution in [3.05, 3.63) is 47.9 Å². The summed E-state index contributed by atoms with van der Waals surface area (Å²) in [5, 5.41) is 3.00. The van der Waals surface area contributed by atoms with Gasteiger partial charge in [-0.2, -0.15) is 0 Å². The van der Waals surface area contributed by atoms with Gasteiger partial charge in [0.1, 0.15) is 17.8 Å². The number of benzene rings is 1. The van der Waals surface area contributed by atoms with Gasteiger partial charge in [-0.1, -0.05) is 39.0 Å². The maximum absolute atomic E-state index is 12.6. The number of hydrogen-bond acceptors (Lipinski definition) is 4. The van der Waals surface area contributed by atoms with Gasteiger partial charge in [-0.15, -0.1) is 0 Å². The second-order valence-electron chi connectivity index (χ2n) is 7.21. The van der Waals surface area contributed by atoms with Crippen LogP contribution in [0.5, 0.6) is 0 Å². The summed E-state index contributed by atoms with van der Waals surface area (Å²) in [6.07, 6.45) is 3.81. The molecule has 5 heteroatoms. The van der Waals surface area contributed by atoms with Crippen molar-refractivity contribution < 1.29 is 4.79 Å². The summed E-state index contributed by atoms with van der Waals surface area (Å²) in [6, 6.07) is 9.68. The molecule has 1 aromatic carbocycles. The number of carbonyl (C=O) groups is 1. The highest BCUT2D eigenvalue weighted by molar-refractivity contribution is 6.03. The molecule has 2 aromatic rings. The first-order chi connectivity index (χ1) is 11.4. The largest absolute Gasteiger partial charge is 0.357 e. The maximum Gasteiger partial charge on any atom is 0.274 e. The van der Waals surface area contributed by atoms with Crippen LogP contribution in [-0.2, 0) is 5.41 Å². The van der Waals surface area contributed by atoms with E-state index in [-0.39, 0.29) is 11.3 Å². The Hall–Kier alpha value is -2.43. The Kier molecular flexibility index (Phi) is 4.51. The summed E-state index contributed by atoms with van der Waals surface area (Å²) in [4.78, 5) is 23.3. The molecule has 0 radical (unpaired) electrons. The third-order valence-electron chi connectivity index (χ3n) is 4.30. The molecule has 1 amide bonds. The molecule has 1 aromatic heterocycles. The second kappa shape index (κ2) is 6.59. The lowest BCUT2D eigenvalue weighted by Gasteiger charge is -2.23. The number of nitrogens with one attached hydrogen (secondary N) is 1. The molecular weight excluding hydrogens is 300 g/mol. The quantitative estimate of drug-likeness (QED) is 0.937. The molecule has 0 saturated carbocycles. The topological polar surface area (TPSA) is 58.1 Å². The summed E-state index contributed by atoms with van der Waals surface area (Å²) >= 11 is 0. The highest BCUT2D eigenvalue weighted by Gasteiger charge is 2.20. The van der Waals surface area contributed by atoms with Crippen molar-refractivity contribution in [2.75, 3.05) is 23.3 Å². The van der Waals surface area contributed by atoms with Crippen LogP contribution in [0.3, 0.4) is 0 Å². The van der Waals surface area contributed by atoms with Gasteiger partial charge in [-0.25, -0.2) is 9.97 Å². The van der Waals surface area contributed by atoms with E-state index < -0.39 is 0 Å². The van der Waals surface area contributed by atoms with Crippen LogP contribution >= 0.6 is 0 Å². The molecule has 2 heterocycles. The SMILES string of the molecule is CC(C)(C)c1ccccc1NC(=O)c1cc(N2CCCC2)ncn1. The van der Waals surface area contributed by atoms with Gasteiger partial charge >= 0.3 is 0 Å². The molecule has 1 aliphatic heterocycles. The van der Waals surface area contributed by atoms with E-state index in [2.05, 4.69) is 41.0 Å². The zero-order chi connectivity index (χ0) is 17.2. The normalized spacial score (nSPS) is 14.7. The van der Waals surface area contributed by atoms with Crippen molar-refractivity contribution in [2.45, 2.75) is 39.0 Å². The Bertz CT molecular complexity index is 730. The lowest BCUT2D eigenvalue weighted by atomic mass is 9.86. The van der Waals surface area contributed by atoms with Crippen LogP contribution in [0.15, 0.2) is 36.7 Å². The Morgan fingerprint density at radius 2 is 1.83 bits per heavy atom. The Morgan fingerprint density at radius 3 is 2.54 bits per heavy atom. The van der Waals surface area contributed by atoms with Crippen LogP contribution in [0.1, 0.15) is 49.7 Å². The molecule has 1 fully saturated rings. The summed E-state index contributed by atoms with van der Waals surface area (Å²) < 4.78 is 0. The first-order valence-corrected chi connectivity index (χ1v) is 8.43. The summed E-state index contributed by atoms with van der Waals surface area (Å²) in [6.45, 7) is 8.38. The molecule has 1 aliphatic rings. The number of anilines is 2. The number of nitrogens with zero attached hydrogens (tertiary/aromatic N) is 3. The van der Waals surface area contributed by atoms with Crippen molar-refractivity contribution in [3.63, 3.8) is 0 Å². The van der Waals surface area contributed by atoms with Gasteiger partial charge in [0.2, 0.25) is 0 Å². The van der Waals surface area contributed by atoms with Crippen LogP contribution < -0.4 is 10.2 Å². The predicted octanol–water partition coefficient (Wildman–Crippen LogP) is 3.63. The van der Waals surface area contributed by atoms with E-state index in [0.717, 1.165) is 30.2 Å². The zero-order valence-corrected chi connectivity index (χ0v) is 14.5. The van der Waals surface area contributed by atoms with Gasteiger partial charge in [-0.3, -0.25) is 4.79 Å². The summed E-state index contributed by atoms with van der Waals surface area (Å²) in [5.74, 6) is 0.631. The molecule has 1 N–H and O–H groups in total. The number of amides is 1. The maximum atomic E-state index is 12.6. The molecule has 24 heavy (non-hydrogen) atoms. The lowest BCUT2D eigenvalue weighted by molar-refractivity contribution is 0.102. The smallest absolute Gasteiger partial charge is 0.274 e. The number of hydrogen-bond donors (Lipinski definition) is 1. The van der Waals surface area contributed by atoms with Crippen molar-refractivity contribution >= 4 is 17.4 Å². The second-order valence-corrected chi connectivity index (χ2v) is 7.21. The van der Waals surface area contributed by atoms with Crippen LogP contribution in [0.25, 0.3) is 0 Å². The zero-order valence-electron chi connectivity index (χ0n) is 14.5. The molecule has 1 saturated heterocycles. The summed E-state index contributed by atoms with van der Waals surface area (Å²) in [5.41, 5.74) is 2.29. The fraction of sp³-hybridized carbons (Fsp3) is 0.421. The number of carbonyl (C=O) groups excluding carboxylic acids is 1. The Labute approximate surface area is 143 Å². The number of rotatable bonds is 3. The van der Waals surface area contributed by atoms with Crippen LogP contribution in [0.2, 0.25) is 0 Å². The average Bonchev–Trinajstić information content (AvgIpc) is 3.09. The van der Waals surface area contributed by atoms with E-state index in [1.165, 1.54) is 19.2 Å². The number of para-hydroxylation sites is 1. The average molecular weight is 324 g/mol. The molecule has 0 aliphatic carbocycles. The minimum Gasteiger partial charge on any atom is -0.357 e. The Morgan fingerprint density at radius 1 is 1.12 bits per heavy atom. The van der Waals surface area contributed by atoms with Gasteiger partial charge in [0.25, 0.3) is 5.91 Å². The lowest BCUT2D eigenvalue weighted by Crippen LogP contribution is -2.22.